The lowest BCUT2D eigenvalue weighted by Crippen LogP contribution is -2.52. The minimum atomic E-state index is 0.0545. The number of thiazole rings is 1. The van der Waals surface area contributed by atoms with Crippen LogP contribution in [0.1, 0.15) is 56.5 Å². The van der Waals surface area contributed by atoms with E-state index in [-0.39, 0.29) is 11.8 Å². The van der Waals surface area contributed by atoms with Crippen LogP contribution in [0, 0.1) is 0 Å². The first-order valence-corrected chi connectivity index (χ1v) is 12.2. The van der Waals surface area contributed by atoms with Gasteiger partial charge in [-0.3, -0.25) is 14.5 Å². The largest absolute Gasteiger partial charge is 0.337 e. The van der Waals surface area contributed by atoms with Gasteiger partial charge in [-0.1, -0.05) is 31.5 Å². The molecule has 0 saturated carbocycles. The Bertz CT molecular complexity index is 901. The summed E-state index contributed by atoms with van der Waals surface area (Å²) >= 11 is 1.69. The van der Waals surface area contributed by atoms with Crippen LogP contribution in [0.2, 0.25) is 0 Å². The Morgan fingerprint density at radius 1 is 1.16 bits per heavy atom. The van der Waals surface area contributed by atoms with E-state index in [0.29, 0.717) is 31.6 Å². The Kier molecular flexibility index (Phi) is 7.02. The molecule has 2 amide bonds. The number of benzene rings is 1. The van der Waals surface area contributed by atoms with Crippen molar-refractivity contribution >= 4 is 28.8 Å². The normalized spacial score (nSPS) is 22.5. The number of piperidine rings is 1. The topological polar surface area (TPSA) is 56.8 Å². The zero-order chi connectivity index (χ0) is 21.8. The van der Waals surface area contributed by atoms with Crippen molar-refractivity contribution in [2.24, 2.45) is 0 Å². The minimum absolute atomic E-state index is 0.0545. The number of amides is 2. The van der Waals surface area contributed by atoms with Gasteiger partial charge in [0.25, 0.3) is 0 Å². The molecule has 3 heterocycles. The van der Waals surface area contributed by atoms with E-state index in [1.807, 2.05) is 46.5 Å². The summed E-state index contributed by atoms with van der Waals surface area (Å²) in [6.45, 7) is 6.34. The molecule has 6 nitrogen and oxygen atoms in total. The zero-order valence-electron chi connectivity index (χ0n) is 18.5. The summed E-state index contributed by atoms with van der Waals surface area (Å²) in [5.74, 6) is 0.221. The summed E-state index contributed by atoms with van der Waals surface area (Å²) in [6.07, 6.45) is 6.65. The van der Waals surface area contributed by atoms with E-state index in [1.165, 1.54) is 0 Å². The number of hydrogen-bond donors (Lipinski definition) is 0. The molecule has 2 bridgehead atoms. The molecule has 1 fully saturated rings. The molecule has 0 spiro atoms. The van der Waals surface area contributed by atoms with Crippen LogP contribution in [0.25, 0.3) is 0 Å². The number of nitrogens with zero attached hydrogens (tertiary/aromatic N) is 4. The number of anilines is 1. The summed E-state index contributed by atoms with van der Waals surface area (Å²) in [7, 11) is 0. The van der Waals surface area contributed by atoms with Crippen molar-refractivity contribution in [2.45, 2.75) is 71.1 Å². The molecule has 4 rings (SSSR count). The number of para-hydroxylation sites is 1. The van der Waals surface area contributed by atoms with Crippen LogP contribution < -0.4 is 4.90 Å². The third kappa shape index (κ3) is 4.99. The van der Waals surface area contributed by atoms with Crippen LogP contribution in [0.4, 0.5) is 5.69 Å². The quantitative estimate of drug-likeness (QED) is 0.722. The van der Waals surface area contributed by atoms with Crippen molar-refractivity contribution in [3.05, 3.63) is 46.4 Å². The van der Waals surface area contributed by atoms with Gasteiger partial charge in [0, 0.05) is 62.3 Å². The summed E-state index contributed by atoms with van der Waals surface area (Å²) in [6, 6.07) is 8.75. The molecular formula is C24H32N4O2S. The van der Waals surface area contributed by atoms with Crippen molar-refractivity contribution in [3.8, 4) is 0 Å². The minimum Gasteiger partial charge on any atom is -0.337 e. The Morgan fingerprint density at radius 2 is 1.97 bits per heavy atom. The first kappa shape index (κ1) is 22.0. The first-order chi connectivity index (χ1) is 15.1. The molecule has 2 aliphatic heterocycles. The first-order valence-electron chi connectivity index (χ1n) is 11.3. The van der Waals surface area contributed by atoms with Crippen LogP contribution in [0.5, 0.6) is 0 Å². The second kappa shape index (κ2) is 9.92. The van der Waals surface area contributed by atoms with Crippen molar-refractivity contribution in [3.63, 3.8) is 0 Å². The monoisotopic (exact) mass is 440 g/mol. The van der Waals surface area contributed by atoms with Gasteiger partial charge in [0.2, 0.25) is 11.8 Å². The van der Waals surface area contributed by atoms with Crippen LogP contribution in [-0.4, -0.2) is 51.8 Å². The van der Waals surface area contributed by atoms with Gasteiger partial charge in [-0.25, -0.2) is 4.98 Å². The third-order valence-electron chi connectivity index (χ3n) is 6.61. The van der Waals surface area contributed by atoms with Crippen LogP contribution in [0.3, 0.4) is 0 Å². The highest BCUT2D eigenvalue weighted by atomic mass is 32.1. The van der Waals surface area contributed by atoms with E-state index in [0.717, 1.165) is 55.0 Å². The van der Waals surface area contributed by atoms with Gasteiger partial charge in [-0.05, 0) is 30.9 Å². The molecule has 2 aliphatic rings. The molecule has 2 unspecified atom stereocenters. The molecule has 166 valence electrons. The highest BCUT2D eigenvalue weighted by molar-refractivity contribution is 7.09. The van der Waals surface area contributed by atoms with E-state index in [2.05, 4.69) is 16.0 Å². The van der Waals surface area contributed by atoms with E-state index in [1.54, 1.807) is 18.3 Å². The Balaban J connectivity index is 1.72. The molecule has 1 saturated heterocycles. The number of fused-ring (bicyclic) bond motifs is 3. The van der Waals surface area contributed by atoms with Gasteiger partial charge >= 0.3 is 0 Å². The lowest BCUT2D eigenvalue weighted by atomic mass is 9.92. The SMILES string of the molecule is CCC(=O)N1Cc2ccccc2N(C(C)=O)CCC2CCCC(C1)N2Cc1nccs1. The Morgan fingerprint density at radius 3 is 2.71 bits per heavy atom. The lowest BCUT2D eigenvalue weighted by molar-refractivity contribution is -0.133. The number of carbonyl (C=O) groups excluding carboxylic acids is 2. The molecule has 0 N–H and O–H groups in total. The number of rotatable bonds is 3. The molecule has 1 aromatic carbocycles. The fraction of sp³-hybridized carbons (Fsp3) is 0.542. The molecule has 0 radical (unpaired) electrons. The predicted molar refractivity (Wildman–Crippen MR) is 124 cm³/mol. The summed E-state index contributed by atoms with van der Waals surface area (Å²) in [4.78, 5) is 36.6. The summed E-state index contributed by atoms with van der Waals surface area (Å²) in [5, 5.41) is 3.14. The van der Waals surface area contributed by atoms with E-state index in [9.17, 15) is 9.59 Å². The molecule has 1 aromatic heterocycles. The number of aromatic nitrogens is 1. The Hall–Kier alpha value is -2.25. The lowest BCUT2D eigenvalue weighted by Gasteiger charge is -2.43. The van der Waals surface area contributed by atoms with Gasteiger partial charge in [0.05, 0.1) is 6.54 Å². The summed E-state index contributed by atoms with van der Waals surface area (Å²) in [5.41, 5.74) is 1.98. The van der Waals surface area contributed by atoms with Crippen molar-refractivity contribution < 1.29 is 9.59 Å². The maximum atomic E-state index is 12.9. The van der Waals surface area contributed by atoms with Gasteiger partial charge in [0.1, 0.15) is 5.01 Å². The second-order valence-corrected chi connectivity index (χ2v) is 9.53. The zero-order valence-corrected chi connectivity index (χ0v) is 19.3. The van der Waals surface area contributed by atoms with E-state index in [4.69, 9.17) is 0 Å². The van der Waals surface area contributed by atoms with Gasteiger partial charge in [0.15, 0.2) is 0 Å². The smallest absolute Gasteiger partial charge is 0.223 e. The number of hydrogen-bond acceptors (Lipinski definition) is 5. The molecular weight excluding hydrogens is 408 g/mol. The van der Waals surface area contributed by atoms with Gasteiger partial charge in [-0.2, -0.15) is 0 Å². The summed E-state index contributed by atoms with van der Waals surface area (Å²) < 4.78 is 0. The second-order valence-electron chi connectivity index (χ2n) is 8.55. The fourth-order valence-corrected chi connectivity index (χ4v) is 5.67. The average Bonchev–Trinajstić information content (AvgIpc) is 3.28. The molecule has 2 aromatic rings. The van der Waals surface area contributed by atoms with Crippen LogP contribution in [0.15, 0.2) is 35.8 Å². The van der Waals surface area contributed by atoms with Crippen molar-refractivity contribution in [1.82, 2.24) is 14.8 Å². The van der Waals surface area contributed by atoms with Gasteiger partial charge < -0.3 is 9.80 Å². The maximum Gasteiger partial charge on any atom is 0.223 e. The standard InChI is InChI=1S/C24H32N4O2S/c1-3-24(30)26-15-19-7-4-5-10-22(19)27(18(2)29)13-11-20-8-6-9-21(16-26)28(20)17-23-25-12-14-31-23/h4-5,7,10,12,14,20-21H,3,6,8-9,11,13,15-17H2,1-2H3. The maximum absolute atomic E-state index is 12.9. The molecule has 7 heteroatoms. The fourth-order valence-electron chi connectivity index (χ4n) is 5.04. The van der Waals surface area contributed by atoms with Crippen LogP contribution >= 0.6 is 11.3 Å². The number of carbonyl (C=O) groups is 2. The predicted octanol–water partition coefficient (Wildman–Crippen LogP) is 4.06. The highest BCUT2D eigenvalue weighted by Gasteiger charge is 2.34. The Labute approximate surface area is 188 Å². The average molecular weight is 441 g/mol. The van der Waals surface area contributed by atoms with Crippen molar-refractivity contribution in [1.29, 1.82) is 0 Å². The van der Waals surface area contributed by atoms with E-state index >= 15 is 0 Å². The van der Waals surface area contributed by atoms with Crippen LogP contribution in [-0.2, 0) is 22.7 Å². The highest BCUT2D eigenvalue weighted by Crippen LogP contribution is 2.32. The molecule has 31 heavy (non-hydrogen) atoms. The third-order valence-corrected chi connectivity index (χ3v) is 7.37. The van der Waals surface area contributed by atoms with E-state index < -0.39 is 0 Å². The molecule has 2 atom stereocenters. The van der Waals surface area contributed by atoms with Gasteiger partial charge in [-0.15, -0.1) is 11.3 Å². The molecule has 0 aliphatic carbocycles. The van der Waals surface area contributed by atoms with Crippen molar-refractivity contribution in [2.75, 3.05) is 18.0 Å².